The molecule has 1 amide bonds. The van der Waals surface area contributed by atoms with E-state index in [2.05, 4.69) is 11.7 Å². The number of para-hydroxylation sites is 1. The van der Waals surface area contributed by atoms with Gasteiger partial charge in [-0.3, -0.25) is 4.79 Å². The normalized spacial score (nSPS) is 15.1. The second kappa shape index (κ2) is 7.86. The van der Waals surface area contributed by atoms with Crippen molar-refractivity contribution in [3.8, 4) is 5.75 Å². The van der Waals surface area contributed by atoms with E-state index in [1.165, 1.54) is 19.1 Å². The number of nitrogens with zero attached hydrogens (tertiary/aromatic N) is 2. The van der Waals surface area contributed by atoms with Crippen molar-refractivity contribution in [2.75, 3.05) is 11.6 Å². The van der Waals surface area contributed by atoms with E-state index in [1.807, 2.05) is 0 Å². The molecule has 0 fully saturated rings. The first-order valence-electron chi connectivity index (χ1n) is 8.23. The first kappa shape index (κ1) is 20.2. The third-order valence-electron chi connectivity index (χ3n) is 4.04. The molecule has 9 heteroatoms. The molecule has 0 aromatic heterocycles. The van der Waals surface area contributed by atoms with Crippen LogP contribution in [-0.2, 0) is 4.79 Å². The number of hydrogen-bond donors (Lipinski definition) is 0. The van der Waals surface area contributed by atoms with Crippen LogP contribution in [0.25, 0.3) is 6.08 Å². The third kappa shape index (κ3) is 3.51. The predicted octanol–water partition coefficient (Wildman–Crippen LogP) is 4.75. The number of carbonyl (C=O) groups is 1. The summed E-state index contributed by atoms with van der Waals surface area (Å²) in [6, 6.07) is 6.61. The van der Waals surface area contributed by atoms with Gasteiger partial charge >= 0.3 is 0 Å². The van der Waals surface area contributed by atoms with Crippen molar-refractivity contribution in [3.63, 3.8) is 0 Å². The van der Waals surface area contributed by atoms with Crippen LogP contribution in [0.15, 0.2) is 47.6 Å². The summed E-state index contributed by atoms with van der Waals surface area (Å²) in [5.41, 5.74) is -1.06. The van der Waals surface area contributed by atoms with E-state index >= 15 is 0 Å². The molecule has 1 heterocycles. The standard InChI is InChI=1S/C20H13F5N2O2/c1-3-8-29-13-7-5-4-6-11(13)9-12-10(2)26-27(20(12)28)19-17(24)15(22)14(21)16(23)18(19)25/h3-7,9H,1,8H2,2H3/b12-9+. The number of benzene rings is 2. The summed E-state index contributed by atoms with van der Waals surface area (Å²) in [6.45, 7) is 5.09. The van der Waals surface area contributed by atoms with E-state index in [4.69, 9.17) is 4.74 Å². The molecule has 2 aromatic rings. The molecule has 4 nitrogen and oxygen atoms in total. The van der Waals surface area contributed by atoms with E-state index in [-0.39, 0.29) is 22.9 Å². The molecular weight excluding hydrogens is 395 g/mol. The second-order valence-corrected chi connectivity index (χ2v) is 5.92. The fourth-order valence-electron chi connectivity index (χ4n) is 2.65. The number of hydrogen-bond acceptors (Lipinski definition) is 3. The van der Waals surface area contributed by atoms with Gasteiger partial charge in [0, 0.05) is 5.56 Å². The number of carbonyl (C=O) groups excluding carboxylic acids is 1. The molecule has 0 radical (unpaired) electrons. The lowest BCUT2D eigenvalue weighted by molar-refractivity contribution is -0.114. The Morgan fingerprint density at radius 1 is 1.03 bits per heavy atom. The minimum atomic E-state index is -2.32. The lowest BCUT2D eigenvalue weighted by Crippen LogP contribution is -2.25. The molecule has 2 aromatic carbocycles. The largest absolute Gasteiger partial charge is 0.489 e. The number of amides is 1. The maximum atomic E-state index is 14.1. The quantitative estimate of drug-likeness (QED) is 0.236. The highest BCUT2D eigenvalue weighted by atomic mass is 19.2. The van der Waals surface area contributed by atoms with Gasteiger partial charge in [-0.15, -0.1) is 0 Å². The van der Waals surface area contributed by atoms with Gasteiger partial charge in [0.05, 0.1) is 11.3 Å². The molecule has 1 aliphatic rings. The van der Waals surface area contributed by atoms with Crippen LogP contribution in [-0.4, -0.2) is 18.2 Å². The minimum absolute atomic E-state index is 0.0254. The van der Waals surface area contributed by atoms with E-state index in [9.17, 15) is 26.7 Å². The summed E-state index contributed by atoms with van der Waals surface area (Å²) >= 11 is 0. The molecular formula is C20H13F5N2O2. The van der Waals surface area contributed by atoms with Crippen LogP contribution >= 0.6 is 0 Å². The van der Waals surface area contributed by atoms with Gasteiger partial charge in [0.1, 0.15) is 18.0 Å². The number of anilines is 1. The average molecular weight is 408 g/mol. The lowest BCUT2D eigenvalue weighted by atomic mass is 10.1. The number of hydrazone groups is 1. The van der Waals surface area contributed by atoms with Gasteiger partial charge in [-0.2, -0.15) is 10.1 Å². The summed E-state index contributed by atoms with van der Waals surface area (Å²) < 4.78 is 73.9. The highest BCUT2D eigenvalue weighted by Crippen LogP contribution is 2.34. The van der Waals surface area contributed by atoms with Crippen LogP contribution < -0.4 is 9.75 Å². The second-order valence-electron chi connectivity index (χ2n) is 5.92. The Kier molecular flexibility index (Phi) is 5.49. The van der Waals surface area contributed by atoms with Gasteiger partial charge in [0.2, 0.25) is 5.82 Å². The van der Waals surface area contributed by atoms with Crippen LogP contribution in [0.1, 0.15) is 12.5 Å². The molecule has 0 N–H and O–H groups in total. The Labute approximate surface area is 162 Å². The van der Waals surface area contributed by atoms with Crippen molar-refractivity contribution < 1.29 is 31.5 Å². The van der Waals surface area contributed by atoms with Crippen LogP contribution in [0.2, 0.25) is 0 Å². The molecule has 0 aliphatic carbocycles. The molecule has 0 bridgehead atoms. The Bertz CT molecular complexity index is 1050. The summed E-state index contributed by atoms with van der Waals surface area (Å²) in [5.74, 6) is -11.6. The lowest BCUT2D eigenvalue weighted by Gasteiger charge is -2.15. The smallest absolute Gasteiger partial charge is 0.280 e. The number of rotatable bonds is 5. The minimum Gasteiger partial charge on any atom is -0.489 e. The zero-order valence-electron chi connectivity index (χ0n) is 15.0. The topological polar surface area (TPSA) is 41.9 Å². The van der Waals surface area contributed by atoms with Crippen molar-refractivity contribution in [1.82, 2.24) is 0 Å². The monoisotopic (exact) mass is 408 g/mol. The van der Waals surface area contributed by atoms with E-state index < -0.39 is 40.7 Å². The fraction of sp³-hybridized carbons (Fsp3) is 0.100. The van der Waals surface area contributed by atoms with Gasteiger partial charge in [-0.25, -0.2) is 22.0 Å². The van der Waals surface area contributed by atoms with Crippen molar-refractivity contribution in [3.05, 3.63) is 77.1 Å². The van der Waals surface area contributed by atoms with Crippen molar-refractivity contribution in [2.45, 2.75) is 6.92 Å². The SMILES string of the molecule is C=CCOc1ccccc1/C=C1/C(=O)N(c2c(F)c(F)c(F)c(F)c2F)N=C1C. The Hall–Kier alpha value is -3.49. The van der Waals surface area contributed by atoms with Crippen molar-refractivity contribution >= 4 is 23.4 Å². The van der Waals surface area contributed by atoms with Crippen LogP contribution in [0.3, 0.4) is 0 Å². The van der Waals surface area contributed by atoms with Gasteiger partial charge < -0.3 is 4.74 Å². The number of ether oxygens (including phenoxy) is 1. The van der Waals surface area contributed by atoms with Crippen LogP contribution in [0, 0.1) is 29.1 Å². The molecule has 0 saturated carbocycles. The zero-order chi connectivity index (χ0) is 21.3. The summed E-state index contributed by atoms with van der Waals surface area (Å²) in [6.07, 6.45) is 2.87. The molecule has 0 saturated heterocycles. The fourth-order valence-corrected chi connectivity index (χ4v) is 2.65. The van der Waals surface area contributed by atoms with Crippen LogP contribution in [0.5, 0.6) is 5.75 Å². The van der Waals surface area contributed by atoms with Gasteiger partial charge in [0.15, 0.2) is 23.3 Å². The van der Waals surface area contributed by atoms with E-state index in [0.29, 0.717) is 11.3 Å². The molecule has 0 unspecified atom stereocenters. The Balaban J connectivity index is 2.06. The van der Waals surface area contributed by atoms with Gasteiger partial charge in [-0.05, 0) is 19.1 Å². The van der Waals surface area contributed by atoms with Crippen molar-refractivity contribution in [1.29, 1.82) is 0 Å². The summed E-state index contributed by atoms with van der Waals surface area (Å²) in [5, 5.41) is 3.84. The van der Waals surface area contributed by atoms with E-state index in [0.717, 1.165) is 0 Å². The molecule has 3 rings (SSSR count). The summed E-state index contributed by atoms with van der Waals surface area (Å²) in [4.78, 5) is 12.7. The van der Waals surface area contributed by atoms with Gasteiger partial charge in [0.25, 0.3) is 5.91 Å². The molecule has 1 aliphatic heterocycles. The number of halogens is 5. The average Bonchev–Trinajstić information content (AvgIpc) is 2.98. The van der Waals surface area contributed by atoms with Gasteiger partial charge in [-0.1, -0.05) is 30.9 Å². The third-order valence-corrected chi connectivity index (χ3v) is 4.04. The van der Waals surface area contributed by atoms with E-state index in [1.54, 1.807) is 24.3 Å². The Morgan fingerprint density at radius 2 is 1.62 bits per heavy atom. The molecule has 29 heavy (non-hydrogen) atoms. The molecule has 0 spiro atoms. The highest BCUT2D eigenvalue weighted by molar-refractivity contribution is 6.32. The predicted molar refractivity (Wildman–Crippen MR) is 96.9 cm³/mol. The highest BCUT2D eigenvalue weighted by Gasteiger charge is 2.37. The first-order chi connectivity index (χ1) is 13.8. The first-order valence-corrected chi connectivity index (χ1v) is 8.23. The maximum Gasteiger partial charge on any atom is 0.280 e. The maximum absolute atomic E-state index is 14.1. The zero-order valence-corrected chi connectivity index (χ0v) is 15.0. The Morgan fingerprint density at radius 3 is 2.24 bits per heavy atom. The van der Waals surface area contributed by atoms with Crippen molar-refractivity contribution in [2.24, 2.45) is 5.10 Å². The summed E-state index contributed by atoms with van der Waals surface area (Å²) in [7, 11) is 0. The molecule has 150 valence electrons. The molecule has 0 atom stereocenters. The van der Waals surface area contributed by atoms with Crippen LogP contribution in [0.4, 0.5) is 27.6 Å².